The summed E-state index contributed by atoms with van der Waals surface area (Å²) in [6.45, 7) is 0.188. The smallest absolute Gasteiger partial charge is 0.252 e. The SMILES string of the molecule is COCCC(F)(F)CCOC. The zero-order valence-corrected chi connectivity index (χ0v) is 6.90. The van der Waals surface area contributed by atoms with Crippen molar-refractivity contribution in [3.05, 3.63) is 0 Å². The Bertz CT molecular complexity index is 86.4. The molecular formula is C7H14F2O2. The number of ether oxygens (including phenoxy) is 2. The van der Waals surface area contributed by atoms with Crippen molar-refractivity contribution < 1.29 is 18.3 Å². The summed E-state index contributed by atoms with van der Waals surface area (Å²) in [7, 11) is 2.82. The van der Waals surface area contributed by atoms with Crippen LogP contribution in [-0.2, 0) is 9.47 Å². The van der Waals surface area contributed by atoms with Gasteiger partial charge in [0.2, 0.25) is 0 Å². The second-order valence-corrected chi connectivity index (χ2v) is 2.34. The molecule has 0 fully saturated rings. The molecule has 0 aliphatic carbocycles. The number of rotatable bonds is 6. The van der Waals surface area contributed by atoms with E-state index in [1.807, 2.05) is 0 Å². The van der Waals surface area contributed by atoms with Gasteiger partial charge in [0.05, 0.1) is 13.2 Å². The Morgan fingerprint density at radius 3 is 1.64 bits per heavy atom. The van der Waals surface area contributed by atoms with E-state index in [1.54, 1.807) is 0 Å². The summed E-state index contributed by atoms with van der Waals surface area (Å²) < 4.78 is 34.3. The van der Waals surface area contributed by atoms with E-state index < -0.39 is 5.92 Å². The van der Waals surface area contributed by atoms with E-state index >= 15 is 0 Å². The fraction of sp³-hybridized carbons (Fsp3) is 1.00. The first-order valence-electron chi connectivity index (χ1n) is 3.48. The Morgan fingerprint density at radius 2 is 1.36 bits per heavy atom. The summed E-state index contributed by atoms with van der Waals surface area (Å²) >= 11 is 0. The van der Waals surface area contributed by atoms with Crippen LogP contribution in [-0.4, -0.2) is 33.4 Å². The lowest BCUT2D eigenvalue weighted by Crippen LogP contribution is -2.20. The van der Waals surface area contributed by atoms with Gasteiger partial charge in [-0.05, 0) is 0 Å². The Morgan fingerprint density at radius 1 is 1.00 bits per heavy atom. The van der Waals surface area contributed by atoms with E-state index in [9.17, 15) is 8.78 Å². The molecule has 0 bridgehead atoms. The summed E-state index contributed by atoms with van der Waals surface area (Å²) in [6.07, 6.45) is -0.459. The molecule has 0 aliphatic rings. The fourth-order valence-electron chi connectivity index (χ4n) is 0.628. The lowest BCUT2D eigenvalue weighted by molar-refractivity contribution is -0.0489. The standard InChI is InChI=1S/C7H14F2O2/c1-10-5-3-7(8,9)4-6-11-2/h3-6H2,1-2H3. The molecule has 0 saturated carbocycles. The highest BCUT2D eigenvalue weighted by molar-refractivity contribution is 4.64. The van der Waals surface area contributed by atoms with Gasteiger partial charge in [-0.1, -0.05) is 0 Å². The minimum Gasteiger partial charge on any atom is -0.384 e. The molecule has 0 unspecified atom stereocenters. The first kappa shape index (κ1) is 10.8. The van der Waals surface area contributed by atoms with Crippen LogP contribution < -0.4 is 0 Å². The first-order chi connectivity index (χ1) is 5.12. The number of halogens is 2. The van der Waals surface area contributed by atoms with Gasteiger partial charge in [-0.15, -0.1) is 0 Å². The second kappa shape index (κ2) is 5.43. The maximum atomic E-state index is 12.6. The zero-order valence-electron chi connectivity index (χ0n) is 6.90. The van der Waals surface area contributed by atoms with E-state index in [1.165, 1.54) is 14.2 Å². The molecule has 0 heterocycles. The van der Waals surface area contributed by atoms with E-state index in [0.29, 0.717) is 0 Å². The van der Waals surface area contributed by atoms with Gasteiger partial charge >= 0.3 is 0 Å². The number of methoxy groups -OCH3 is 2. The van der Waals surface area contributed by atoms with Gasteiger partial charge < -0.3 is 9.47 Å². The largest absolute Gasteiger partial charge is 0.384 e. The monoisotopic (exact) mass is 168 g/mol. The second-order valence-electron chi connectivity index (χ2n) is 2.34. The van der Waals surface area contributed by atoms with Crippen LogP contribution in [0.1, 0.15) is 12.8 Å². The summed E-state index contributed by atoms with van der Waals surface area (Å²) in [4.78, 5) is 0. The van der Waals surface area contributed by atoms with Gasteiger partial charge in [0, 0.05) is 27.1 Å². The molecule has 2 nitrogen and oxygen atoms in total. The minimum atomic E-state index is -2.65. The van der Waals surface area contributed by atoms with Crippen molar-refractivity contribution in [3.8, 4) is 0 Å². The molecule has 68 valence electrons. The maximum absolute atomic E-state index is 12.6. The quantitative estimate of drug-likeness (QED) is 0.601. The normalized spacial score (nSPS) is 12.0. The highest BCUT2D eigenvalue weighted by atomic mass is 19.3. The van der Waals surface area contributed by atoms with Crippen molar-refractivity contribution >= 4 is 0 Å². The van der Waals surface area contributed by atoms with Crippen molar-refractivity contribution in [1.29, 1.82) is 0 Å². The minimum absolute atomic E-state index is 0.0940. The average Bonchev–Trinajstić information content (AvgIpc) is 1.97. The first-order valence-corrected chi connectivity index (χ1v) is 3.48. The molecule has 0 amide bonds. The molecule has 0 atom stereocenters. The van der Waals surface area contributed by atoms with Gasteiger partial charge in [-0.2, -0.15) is 0 Å². The number of hydrogen-bond acceptors (Lipinski definition) is 2. The van der Waals surface area contributed by atoms with Crippen LogP contribution in [0.5, 0.6) is 0 Å². The Balaban J connectivity index is 3.43. The van der Waals surface area contributed by atoms with Crippen molar-refractivity contribution in [1.82, 2.24) is 0 Å². The predicted molar refractivity (Wildman–Crippen MR) is 37.9 cm³/mol. The molecule has 0 saturated heterocycles. The van der Waals surface area contributed by atoms with Gasteiger partial charge in [0.15, 0.2) is 0 Å². The topological polar surface area (TPSA) is 18.5 Å². The Labute approximate surface area is 65.5 Å². The van der Waals surface area contributed by atoms with Crippen LogP contribution in [0.25, 0.3) is 0 Å². The third kappa shape index (κ3) is 6.19. The third-order valence-corrected chi connectivity index (χ3v) is 1.34. The lowest BCUT2D eigenvalue weighted by Gasteiger charge is -2.14. The molecule has 0 N–H and O–H groups in total. The lowest BCUT2D eigenvalue weighted by atomic mass is 10.2. The molecule has 4 heteroatoms. The zero-order chi connectivity index (χ0) is 8.74. The summed E-state index contributed by atoms with van der Waals surface area (Å²) in [5.41, 5.74) is 0. The van der Waals surface area contributed by atoms with E-state index in [0.717, 1.165) is 0 Å². The predicted octanol–water partition coefficient (Wildman–Crippen LogP) is 1.69. The summed E-state index contributed by atoms with van der Waals surface area (Å²) in [6, 6.07) is 0. The Kier molecular flexibility index (Phi) is 5.32. The molecule has 0 aliphatic heterocycles. The van der Waals surface area contributed by atoms with Crippen molar-refractivity contribution in [2.24, 2.45) is 0 Å². The molecule has 0 rings (SSSR count). The molecule has 0 aromatic heterocycles. The molecule has 0 radical (unpaired) electrons. The summed E-state index contributed by atoms with van der Waals surface area (Å²) in [5, 5.41) is 0. The van der Waals surface area contributed by atoms with E-state index in [4.69, 9.17) is 0 Å². The van der Waals surface area contributed by atoms with Crippen LogP contribution in [0.15, 0.2) is 0 Å². The van der Waals surface area contributed by atoms with Gasteiger partial charge in [-0.3, -0.25) is 0 Å². The highest BCUT2D eigenvalue weighted by Crippen LogP contribution is 2.22. The van der Waals surface area contributed by atoms with Crippen LogP contribution in [0.4, 0.5) is 8.78 Å². The number of hydrogen-bond donors (Lipinski definition) is 0. The summed E-state index contributed by atoms with van der Waals surface area (Å²) in [5.74, 6) is -2.65. The third-order valence-electron chi connectivity index (χ3n) is 1.34. The van der Waals surface area contributed by atoms with Gasteiger partial charge in [0.25, 0.3) is 5.92 Å². The van der Waals surface area contributed by atoms with Crippen LogP contribution in [0.3, 0.4) is 0 Å². The molecular weight excluding hydrogens is 154 g/mol. The molecule has 0 aromatic carbocycles. The van der Waals surface area contributed by atoms with Gasteiger partial charge in [-0.25, -0.2) is 8.78 Å². The highest BCUT2D eigenvalue weighted by Gasteiger charge is 2.27. The molecule has 0 spiro atoms. The Hall–Kier alpha value is -0.220. The van der Waals surface area contributed by atoms with E-state index in [-0.39, 0.29) is 26.1 Å². The molecule has 11 heavy (non-hydrogen) atoms. The van der Waals surface area contributed by atoms with Crippen LogP contribution in [0, 0.1) is 0 Å². The van der Waals surface area contributed by atoms with Crippen molar-refractivity contribution in [2.75, 3.05) is 27.4 Å². The fourth-order valence-corrected chi connectivity index (χ4v) is 0.628. The molecule has 0 aromatic rings. The van der Waals surface area contributed by atoms with E-state index in [2.05, 4.69) is 9.47 Å². The van der Waals surface area contributed by atoms with Crippen molar-refractivity contribution in [2.45, 2.75) is 18.8 Å². The number of alkyl halides is 2. The average molecular weight is 168 g/mol. The van der Waals surface area contributed by atoms with Crippen LogP contribution in [0.2, 0.25) is 0 Å². The van der Waals surface area contributed by atoms with Gasteiger partial charge in [0.1, 0.15) is 0 Å². The van der Waals surface area contributed by atoms with Crippen molar-refractivity contribution in [3.63, 3.8) is 0 Å². The maximum Gasteiger partial charge on any atom is 0.252 e. The van der Waals surface area contributed by atoms with Crippen LogP contribution >= 0.6 is 0 Å².